The number of rotatable bonds is 5. The Bertz CT molecular complexity index is 1360. The number of para-hydroxylation sites is 1. The Labute approximate surface area is 196 Å². The standard InChI is InChI=1S/C27H23FN4O2/c1-2-24-23(17-29-32(24)22-13-9-20(28)10-14-22)26(33)30-21-11-7-19(8-12-21)27(34)31-16-15-18-5-3-4-6-25(18)31/h3-14,17H,2,15-16H2,1H3,(H,30,33). The number of fused-ring (bicyclic) bond motifs is 1. The lowest BCUT2D eigenvalue weighted by atomic mass is 10.1. The number of benzene rings is 3. The van der Waals surface area contributed by atoms with Gasteiger partial charge in [0.15, 0.2) is 0 Å². The minimum absolute atomic E-state index is 0.0586. The smallest absolute Gasteiger partial charge is 0.259 e. The predicted molar refractivity (Wildman–Crippen MR) is 129 cm³/mol. The van der Waals surface area contributed by atoms with Crippen molar-refractivity contribution in [3.63, 3.8) is 0 Å². The van der Waals surface area contributed by atoms with Crippen molar-refractivity contribution >= 4 is 23.2 Å². The molecule has 0 radical (unpaired) electrons. The van der Waals surface area contributed by atoms with Gasteiger partial charge in [-0.05, 0) is 73.0 Å². The van der Waals surface area contributed by atoms with Crippen LogP contribution < -0.4 is 10.2 Å². The third-order valence-corrected chi connectivity index (χ3v) is 6.04. The molecule has 1 aliphatic rings. The van der Waals surface area contributed by atoms with E-state index in [1.54, 1.807) is 46.0 Å². The molecule has 2 heterocycles. The van der Waals surface area contributed by atoms with Crippen LogP contribution in [0.25, 0.3) is 5.69 Å². The van der Waals surface area contributed by atoms with Crippen molar-refractivity contribution in [2.75, 3.05) is 16.8 Å². The molecule has 6 nitrogen and oxygen atoms in total. The average molecular weight is 455 g/mol. The first-order chi connectivity index (χ1) is 16.5. The average Bonchev–Trinajstić information content (AvgIpc) is 3.49. The van der Waals surface area contributed by atoms with Gasteiger partial charge in [0.05, 0.1) is 23.1 Å². The molecule has 0 bridgehead atoms. The molecule has 170 valence electrons. The van der Waals surface area contributed by atoms with E-state index in [-0.39, 0.29) is 17.6 Å². The van der Waals surface area contributed by atoms with Crippen LogP contribution in [0.1, 0.15) is 38.9 Å². The summed E-state index contributed by atoms with van der Waals surface area (Å²) in [6.07, 6.45) is 2.94. The Hall–Kier alpha value is -4.26. The van der Waals surface area contributed by atoms with Gasteiger partial charge < -0.3 is 10.2 Å². The predicted octanol–water partition coefficient (Wildman–Crippen LogP) is 5.03. The quantitative estimate of drug-likeness (QED) is 0.460. The van der Waals surface area contributed by atoms with E-state index in [0.29, 0.717) is 35.5 Å². The van der Waals surface area contributed by atoms with Crippen molar-refractivity contribution in [1.82, 2.24) is 9.78 Å². The summed E-state index contributed by atoms with van der Waals surface area (Å²) < 4.78 is 14.9. The first-order valence-corrected chi connectivity index (χ1v) is 11.2. The lowest BCUT2D eigenvalue weighted by Crippen LogP contribution is -2.28. The summed E-state index contributed by atoms with van der Waals surface area (Å²) in [4.78, 5) is 27.8. The summed E-state index contributed by atoms with van der Waals surface area (Å²) in [6, 6.07) is 20.8. The fourth-order valence-corrected chi connectivity index (χ4v) is 4.31. The molecule has 0 unspecified atom stereocenters. The van der Waals surface area contributed by atoms with Gasteiger partial charge in [0.2, 0.25) is 0 Å². The molecular weight excluding hydrogens is 431 g/mol. The zero-order chi connectivity index (χ0) is 23.7. The van der Waals surface area contributed by atoms with E-state index in [0.717, 1.165) is 17.8 Å². The number of amides is 2. The lowest BCUT2D eigenvalue weighted by Gasteiger charge is -2.17. The molecule has 0 spiro atoms. The fraction of sp³-hybridized carbons (Fsp3) is 0.148. The topological polar surface area (TPSA) is 67.2 Å². The highest BCUT2D eigenvalue weighted by Gasteiger charge is 2.25. The molecule has 34 heavy (non-hydrogen) atoms. The Balaban J connectivity index is 1.31. The second-order valence-corrected chi connectivity index (χ2v) is 8.11. The molecule has 0 aliphatic carbocycles. The summed E-state index contributed by atoms with van der Waals surface area (Å²) in [5.74, 6) is -0.683. The highest BCUT2D eigenvalue weighted by molar-refractivity contribution is 6.08. The van der Waals surface area contributed by atoms with Crippen LogP contribution in [0.15, 0.2) is 79.0 Å². The van der Waals surface area contributed by atoms with Crippen LogP contribution in [0.2, 0.25) is 0 Å². The van der Waals surface area contributed by atoms with Crippen LogP contribution in [0.5, 0.6) is 0 Å². The molecule has 2 amide bonds. The summed E-state index contributed by atoms with van der Waals surface area (Å²) in [6.45, 7) is 2.60. The molecule has 7 heteroatoms. The SMILES string of the molecule is CCc1c(C(=O)Nc2ccc(C(=O)N3CCc4ccccc43)cc2)cnn1-c1ccc(F)cc1. The number of nitrogens with one attached hydrogen (secondary N) is 1. The third-order valence-electron chi connectivity index (χ3n) is 6.04. The van der Waals surface area contributed by atoms with Crippen molar-refractivity contribution in [2.45, 2.75) is 19.8 Å². The van der Waals surface area contributed by atoms with Gasteiger partial charge in [-0.25, -0.2) is 9.07 Å². The maximum atomic E-state index is 13.3. The molecule has 1 aromatic heterocycles. The Morgan fingerprint density at radius 2 is 1.74 bits per heavy atom. The number of carbonyl (C=O) groups excluding carboxylic acids is 2. The molecule has 0 saturated heterocycles. The molecule has 0 atom stereocenters. The number of anilines is 2. The zero-order valence-electron chi connectivity index (χ0n) is 18.7. The Kier molecular flexibility index (Phi) is 5.67. The van der Waals surface area contributed by atoms with Crippen LogP contribution in [-0.4, -0.2) is 28.1 Å². The number of nitrogens with zero attached hydrogens (tertiary/aromatic N) is 3. The fourth-order valence-electron chi connectivity index (χ4n) is 4.31. The maximum Gasteiger partial charge on any atom is 0.259 e. The van der Waals surface area contributed by atoms with E-state index in [2.05, 4.69) is 10.4 Å². The number of hydrogen-bond donors (Lipinski definition) is 1. The molecule has 5 rings (SSSR count). The van der Waals surface area contributed by atoms with E-state index in [1.807, 2.05) is 31.2 Å². The second kappa shape index (κ2) is 8.94. The van der Waals surface area contributed by atoms with Gasteiger partial charge in [-0.2, -0.15) is 5.10 Å². The van der Waals surface area contributed by atoms with Crippen molar-refractivity contribution in [1.29, 1.82) is 0 Å². The number of aromatic nitrogens is 2. The van der Waals surface area contributed by atoms with Gasteiger partial charge in [0.25, 0.3) is 11.8 Å². The molecule has 1 N–H and O–H groups in total. The van der Waals surface area contributed by atoms with E-state index < -0.39 is 0 Å². The van der Waals surface area contributed by atoms with Crippen molar-refractivity contribution in [3.8, 4) is 5.69 Å². The van der Waals surface area contributed by atoms with E-state index in [1.165, 1.54) is 23.9 Å². The molecule has 0 saturated carbocycles. The van der Waals surface area contributed by atoms with Gasteiger partial charge in [-0.1, -0.05) is 25.1 Å². The Morgan fingerprint density at radius 3 is 2.47 bits per heavy atom. The van der Waals surface area contributed by atoms with Crippen LogP contribution in [-0.2, 0) is 12.8 Å². The van der Waals surface area contributed by atoms with Gasteiger partial charge in [0, 0.05) is 23.5 Å². The third kappa shape index (κ3) is 3.96. The molecule has 0 fully saturated rings. The summed E-state index contributed by atoms with van der Waals surface area (Å²) in [5, 5.41) is 7.21. The molecule has 1 aliphatic heterocycles. The molecule has 3 aromatic carbocycles. The van der Waals surface area contributed by atoms with Gasteiger partial charge >= 0.3 is 0 Å². The maximum absolute atomic E-state index is 13.3. The van der Waals surface area contributed by atoms with Crippen LogP contribution in [0, 0.1) is 5.82 Å². The minimum Gasteiger partial charge on any atom is -0.322 e. The van der Waals surface area contributed by atoms with Gasteiger partial charge in [-0.15, -0.1) is 0 Å². The molecule has 4 aromatic rings. The van der Waals surface area contributed by atoms with Crippen LogP contribution in [0.4, 0.5) is 15.8 Å². The normalized spacial score (nSPS) is 12.5. The highest BCUT2D eigenvalue weighted by Crippen LogP contribution is 2.29. The van der Waals surface area contributed by atoms with Crippen LogP contribution >= 0.6 is 0 Å². The Morgan fingerprint density at radius 1 is 1.00 bits per heavy atom. The van der Waals surface area contributed by atoms with E-state index in [9.17, 15) is 14.0 Å². The molecular formula is C27H23FN4O2. The summed E-state index contributed by atoms with van der Waals surface area (Å²) in [7, 11) is 0. The second-order valence-electron chi connectivity index (χ2n) is 8.11. The summed E-state index contributed by atoms with van der Waals surface area (Å²) >= 11 is 0. The number of halogens is 1. The van der Waals surface area contributed by atoms with E-state index >= 15 is 0 Å². The van der Waals surface area contributed by atoms with Gasteiger partial charge in [-0.3, -0.25) is 9.59 Å². The first kappa shape index (κ1) is 21.6. The largest absolute Gasteiger partial charge is 0.322 e. The first-order valence-electron chi connectivity index (χ1n) is 11.2. The zero-order valence-corrected chi connectivity index (χ0v) is 18.7. The van der Waals surface area contributed by atoms with Crippen LogP contribution in [0.3, 0.4) is 0 Å². The van der Waals surface area contributed by atoms with Crippen molar-refractivity contribution in [2.24, 2.45) is 0 Å². The monoisotopic (exact) mass is 454 g/mol. The lowest BCUT2D eigenvalue weighted by molar-refractivity contribution is 0.0988. The van der Waals surface area contributed by atoms with Crippen molar-refractivity contribution in [3.05, 3.63) is 107 Å². The highest BCUT2D eigenvalue weighted by atomic mass is 19.1. The van der Waals surface area contributed by atoms with Crippen molar-refractivity contribution < 1.29 is 14.0 Å². The number of hydrogen-bond acceptors (Lipinski definition) is 3. The number of carbonyl (C=O) groups is 2. The summed E-state index contributed by atoms with van der Waals surface area (Å²) in [5.41, 5.74) is 5.13. The minimum atomic E-state index is -0.331. The van der Waals surface area contributed by atoms with E-state index in [4.69, 9.17) is 0 Å². The van der Waals surface area contributed by atoms with Gasteiger partial charge in [0.1, 0.15) is 5.82 Å².